The number of hydrogen-bond acceptors (Lipinski definition) is 2. The number of hydrogen-bond donors (Lipinski definition) is 1. The largest absolute Gasteiger partial charge is 0.380 e. The fraction of sp³-hybridized carbons (Fsp3) is 0.455. The van der Waals surface area contributed by atoms with Gasteiger partial charge in [-0.15, -0.1) is 0 Å². The van der Waals surface area contributed by atoms with E-state index in [-0.39, 0.29) is 0 Å². The van der Waals surface area contributed by atoms with Crippen molar-refractivity contribution in [2.45, 2.75) is 19.4 Å². The first-order valence-electron chi connectivity index (χ1n) is 4.74. The van der Waals surface area contributed by atoms with Gasteiger partial charge in [0.25, 0.3) is 0 Å². The number of nitrogens with two attached hydrogens (primary N) is 1. The van der Waals surface area contributed by atoms with E-state index in [9.17, 15) is 0 Å². The van der Waals surface area contributed by atoms with E-state index in [0.29, 0.717) is 6.61 Å². The second kappa shape index (κ2) is 6.17. The maximum absolute atomic E-state index is 5.50. The number of benzene rings is 1. The molecule has 0 aliphatic heterocycles. The first-order valence-corrected chi connectivity index (χ1v) is 5.53. The van der Waals surface area contributed by atoms with Gasteiger partial charge in [0.1, 0.15) is 0 Å². The zero-order chi connectivity index (χ0) is 10.4. The normalized spacial score (nSPS) is 10.5. The minimum atomic E-state index is 0.674. The summed E-state index contributed by atoms with van der Waals surface area (Å²) in [4.78, 5) is 0. The maximum Gasteiger partial charge on any atom is 0.0715 e. The predicted molar refractivity (Wildman–Crippen MR) is 62.2 cm³/mol. The van der Waals surface area contributed by atoms with Crippen LogP contribution in [0.15, 0.2) is 22.7 Å². The molecule has 3 heteroatoms. The fourth-order valence-electron chi connectivity index (χ4n) is 1.42. The van der Waals surface area contributed by atoms with Gasteiger partial charge in [0, 0.05) is 11.6 Å². The smallest absolute Gasteiger partial charge is 0.0715 e. The molecule has 1 rings (SSSR count). The van der Waals surface area contributed by atoms with Crippen molar-refractivity contribution in [2.75, 3.05) is 13.7 Å². The molecule has 0 aliphatic rings. The van der Waals surface area contributed by atoms with E-state index in [0.717, 1.165) is 23.9 Å². The molecular weight excluding hydrogens is 242 g/mol. The lowest BCUT2D eigenvalue weighted by atomic mass is 10.0. The van der Waals surface area contributed by atoms with Gasteiger partial charge in [-0.25, -0.2) is 0 Å². The summed E-state index contributed by atoms with van der Waals surface area (Å²) in [6.45, 7) is 1.41. The van der Waals surface area contributed by atoms with E-state index in [4.69, 9.17) is 10.5 Å². The van der Waals surface area contributed by atoms with Crippen molar-refractivity contribution in [3.63, 3.8) is 0 Å². The van der Waals surface area contributed by atoms with Crippen molar-refractivity contribution in [1.29, 1.82) is 0 Å². The highest BCUT2D eigenvalue weighted by Crippen LogP contribution is 2.18. The van der Waals surface area contributed by atoms with E-state index >= 15 is 0 Å². The molecule has 0 fully saturated rings. The average Bonchev–Trinajstić information content (AvgIpc) is 2.18. The van der Waals surface area contributed by atoms with E-state index < -0.39 is 0 Å². The number of rotatable bonds is 5. The molecule has 0 atom stereocenters. The van der Waals surface area contributed by atoms with Gasteiger partial charge in [0.05, 0.1) is 6.61 Å². The molecule has 0 amide bonds. The van der Waals surface area contributed by atoms with Crippen LogP contribution in [0.3, 0.4) is 0 Å². The molecule has 2 N–H and O–H groups in total. The SMILES string of the molecule is COCc1ccc(Br)cc1CCCN. The Balaban J connectivity index is 2.79. The van der Waals surface area contributed by atoms with Crippen molar-refractivity contribution in [3.05, 3.63) is 33.8 Å². The molecule has 0 heterocycles. The van der Waals surface area contributed by atoms with Crippen LogP contribution in [0.5, 0.6) is 0 Å². The molecule has 0 saturated carbocycles. The quantitative estimate of drug-likeness (QED) is 0.880. The Hall–Kier alpha value is -0.380. The molecule has 0 spiro atoms. The lowest BCUT2D eigenvalue weighted by Crippen LogP contribution is -2.03. The molecule has 0 radical (unpaired) electrons. The van der Waals surface area contributed by atoms with Crippen molar-refractivity contribution >= 4 is 15.9 Å². The van der Waals surface area contributed by atoms with Crippen LogP contribution >= 0.6 is 15.9 Å². The lowest BCUT2D eigenvalue weighted by molar-refractivity contribution is 0.184. The highest BCUT2D eigenvalue weighted by molar-refractivity contribution is 9.10. The van der Waals surface area contributed by atoms with Gasteiger partial charge in [-0.2, -0.15) is 0 Å². The standard InChI is InChI=1S/C11H16BrNO/c1-14-8-10-4-5-11(12)7-9(10)3-2-6-13/h4-5,7H,2-3,6,8,13H2,1H3. The lowest BCUT2D eigenvalue weighted by Gasteiger charge is -2.08. The molecule has 78 valence electrons. The van der Waals surface area contributed by atoms with Crippen molar-refractivity contribution in [3.8, 4) is 0 Å². The Labute approximate surface area is 93.6 Å². The monoisotopic (exact) mass is 257 g/mol. The predicted octanol–water partition coefficient (Wildman–Crippen LogP) is 2.49. The fourth-order valence-corrected chi connectivity index (χ4v) is 1.82. The Morgan fingerprint density at radius 1 is 1.36 bits per heavy atom. The number of aryl methyl sites for hydroxylation is 1. The first kappa shape index (κ1) is 11.7. The van der Waals surface area contributed by atoms with Crippen LogP contribution in [0.4, 0.5) is 0 Å². The van der Waals surface area contributed by atoms with E-state index in [2.05, 4.69) is 28.1 Å². The van der Waals surface area contributed by atoms with E-state index in [1.807, 2.05) is 6.07 Å². The summed E-state index contributed by atoms with van der Waals surface area (Å²) in [5.74, 6) is 0. The Kier molecular flexibility index (Phi) is 5.15. The highest BCUT2D eigenvalue weighted by Gasteiger charge is 2.02. The minimum absolute atomic E-state index is 0.674. The number of methoxy groups -OCH3 is 1. The van der Waals surface area contributed by atoms with Gasteiger partial charge >= 0.3 is 0 Å². The molecule has 0 saturated heterocycles. The summed E-state index contributed by atoms with van der Waals surface area (Å²) in [5, 5.41) is 0. The molecule has 1 aromatic rings. The molecule has 14 heavy (non-hydrogen) atoms. The van der Waals surface area contributed by atoms with Crippen LogP contribution in [0.2, 0.25) is 0 Å². The molecule has 2 nitrogen and oxygen atoms in total. The summed E-state index contributed by atoms with van der Waals surface area (Å²) in [5.41, 5.74) is 8.07. The van der Waals surface area contributed by atoms with Crippen LogP contribution < -0.4 is 5.73 Å². The second-order valence-electron chi connectivity index (χ2n) is 3.24. The molecule has 0 unspecified atom stereocenters. The highest BCUT2D eigenvalue weighted by atomic mass is 79.9. The Bertz CT molecular complexity index is 289. The topological polar surface area (TPSA) is 35.2 Å². The molecular formula is C11H16BrNO. The third-order valence-electron chi connectivity index (χ3n) is 2.12. The van der Waals surface area contributed by atoms with Gasteiger partial charge in [-0.1, -0.05) is 22.0 Å². The van der Waals surface area contributed by atoms with Crippen LogP contribution in [0.1, 0.15) is 17.5 Å². The number of ether oxygens (including phenoxy) is 1. The van der Waals surface area contributed by atoms with Crippen LogP contribution in [-0.4, -0.2) is 13.7 Å². The summed E-state index contributed by atoms with van der Waals surface area (Å²) in [6.07, 6.45) is 2.04. The molecule has 1 aromatic carbocycles. The summed E-state index contributed by atoms with van der Waals surface area (Å²) in [7, 11) is 1.72. The zero-order valence-electron chi connectivity index (χ0n) is 8.42. The van der Waals surface area contributed by atoms with Gasteiger partial charge in [-0.05, 0) is 42.6 Å². The number of halogens is 1. The van der Waals surface area contributed by atoms with Crippen molar-refractivity contribution in [1.82, 2.24) is 0 Å². The van der Waals surface area contributed by atoms with E-state index in [1.54, 1.807) is 7.11 Å². The van der Waals surface area contributed by atoms with Crippen molar-refractivity contribution in [2.24, 2.45) is 5.73 Å². The third kappa shape index (κ3) is 3.40. The second-order valence-corrected chi connectivity index (χ2v) is 4.15. The third-order valence-corrected chi connectivity index (χ3v) is 2.61. The summed E-state index contributed by atoms with van der Waals surface area (Å²) in [6, 6.07) is 6.28. The summed E-state index contributed by atoms with van der Waals surface area (Å²) >= 11 is 3.47. The Morgan fingerprint density at radius 3 is 2.79 bits per heavy atom. The average molecular weight is 258 g/mol. The van der Waals surface area contributed by atoms with Crippen molar-refractivity contribution < 1.29 is 4.74 Å². The summed E-state index contributed by atoms with van der Waals surface area (Å²) < 4.78 is 6.26. The van der Waals surface area contributed by atoms with E-state index in [1.165, 1.54) is 11.1 Å². The molecule has 0 bridgehead atoms. The van der Waals surface area contributed by atoms with Crippen LogP contribution in [0.25, 0.3) is 0 Å². The van der Waals surface area contributed by atoms with Crippen LogP contribution in [0, 0.1) is 0 Å². The minimum Gasteiger partial charge on any atom is -0.380 e. The maximum atomic E-state index is 5.50. The zero-order valence-corrected chi connectivity index (χ0v) is 10.0. The van der Waals surface area contributed by atoms with Gasteiger partial charge in [0.2, 0.25) is 0 Å². The van der Waals surface area contributed by atoms with Gasteiger partial charge in [0.15, 0.2) is 0 Å². The van der Waals surface area contributed by atoms with Gasteiger partial charge in [-0.3, -0.25) is 0 Å². The first-order chi connectivity index (χ1) is 6.77. The van der Waals surface area contributed by atoms with Crippen LogP contribution in [-0.2, 0) is 17.8 Å². The van der Waals surface area contributed by atoms with Gasteiger partial charge < -0.3 is 10.5 Å². The molecule has 0 aromatic heterocycles. The molecule has 0 aliphatic carbocycles. The Morgan fingerprint density at radius 2 is 2.14 bits per heavy atom.